The summed E-state index contributed by atoms with van der Waals surface area (Å²) in [5.41, 5.74) is 0.909. The minimum absolute atomic E-state index is 0.292. The molecule has 40 heavy (non-hydrogen) atoms. The van der Waals surface area contributed by atoms with Gasteiger partial charge in [0.05, 0.1) is 36.0 Å². The van der Waals surface area contributed by atoms with Gasteiger partial charge >= 0.3 is 17.9 Å². The summed E-state index contributed by atoms with van der Waals surface area (Å²) in [7, 11) is 1.48. The molecule has 1 aliphatic rings. The molecule has 0 N–H and O–H groups in total. The molecule has 0 spiro atoms. The molecule has 1 aliphatic heterocycles. The molecule has 3 aromatic rings. The van der Waals surface area contributed by atoms with Gasteiger partial charge in [-0.1, -0.05) is 54.6 Å². The zero-order valence-electron chi connectivity index (χ0n) is 22.1. The first-order chi connectivity index (χ1) is 19.4. The SMILES string of the molecule is COC(=S)CC[C@H]1O[C@@H](C)[C@@H](OC(=O)c2ccccc2)[C@@H](OC(=O)c2ccccc2)[C@@H]1OC(=O)c1ccccc1. The number of hydrogen-bond acceptors (Lipinski definition) is 9. The molecule has 0 bridgehead atoms. The Morgan fingerprint density at radius 3 is 1.50 bits per heavy atom. The molecule has 1 heterocycles. The molecule has 9 heteroatoms. The van der Waals surface area contributed by atoms with Crippen LogP contribution in [0.3, 0.4) is 0 Å². The van der Waals surface area contributed by atoms with Crippen LogP contribution in [0.25, 0.3) is 0 Å². The summed E-state index contributed by atoms with van der Waals surface area (Å²) in [6.07, 6.45) is -4.20. The Morgan fingerprint density at radius 2 is 1.07 bits per heavy atom. The van der Waals surface area contributed by atoms with E-state index in [2.05, 4.69) is 0 Å². The van der Waals surface area contributed by atoms with E-state index in [9.17, 15) is 14.4 Å². The van der Waals surface area contributed by atoms with Crippen LogP contribution in [-0.4, -0.2) is 60.6 Å². The van der Waals surface area contributed by atoms with Crippen molar-refractivity contribution in [2.45, 2.75) is 50.3 Å². The maximum atomic E-state index is 13.3. The smallest absolute Gasteiger partial charge is 0.338 e. The van der Waals surface area contributed by atoms with Crippen LogP contribution in [0.15, 0.2) is 91.0 Å². The van der Waals surface area contributed by atoms with E-state index in [0.29, 0.717) is 34.6 Å². The van der Waals surface area contributed by atoms with Crippen molar-refractivity contribution in [3.63, 3.8) is 0 Å². The monoisotopic (exact) mass is 562 g/mol. The van der Waals surface area contributed by atoms with Crippen molar-refractivity contribution in [3.05, 3.63) is 108 Å². The van der Waals surface area contributed by atoms with Crippen molar-refractivity contribution in [3.8, 4) is 0 Å². The number of esters is 3. The largest absolute Gasteiger partial charge is 0.490 e. The number of ether oxygens (including phenoxy) is 5. The maximum absolute atomic E-state index is 13.3. The molecule has 4 rings (SSSR count). The molecule has 0 aliphatic carbocycles. The van der Waals surface area contributed by atoms with Crippen LogP contribution in [0, 0.1) is 0 Å². The molecule has 1 saturated heterocycles. The molecule has 0 radical (unpaired) electrons. The third-order valence-electron chi connectivity index (χ3n) is 6.48. The summed E-state index contributed by atoms with van der Waals surface area (Å²) < 4.78 is 29.2. The van der Waals surface area contributed by atoms with Crippen LogP contribution in [0.5, 0.6) is 0 Å². The quantitative estimate of drug-likeness (QED) is 0.198. The van der Waals surface area contributed by atoms with E-state index in [-0.39, 0.29) is 0 Å². The number of hydrogen-bond donors (Lipinski definition) is 0. The molecule has 1 fully saturated rings. The Labute approximate surface area is 238 Å². The minimum atomic E-state index is -1.18. The van der Waals surface area contributed by atoms with E-state index in [1.54, 1.807) is 97.9 Å². The third kappa shape index (κ3) is 7.31. The highest BCUT2D eigenvalue weighted by atomic mass is 32.1. The van der Waals surface area contributed by atoms with Gasteiger partial charge in [0, 0.05) is 6.42 Å². The lowest BCUT2D eigenvalue weighted by molar-refractivity contribution is -0.218. The number of rotatable bonds is 9. The molecule has 0 unspecified atom stereocenters. The predicted molar refractivity (Wildman–Crippen MR) is 150 cm³/mol. The first-order valence-corrected chi connectivity index (χ1v) is 13.3. The van der Waals surface area contributed by atoms with Crippen LogP contribution < -0.4 is 0 Å². The zero-order chi connectivity index (χ0) is 28.5. The lowest BCUT2D eigenvalue weighted by atomic mass is 9.92. The van der Waals surface area contributed by atoms with Crippen LogP contribution in [-0.2, 0) is 23.7 Å². The van der Waals surface area contributed by atoms with E-state index in [4.69, 9.17) is 35.9 Å². The van der Waals surface area contributed by atoms with Crippen molar-refractivity contribution in [2.24, 2.45) is 0 Å². The van der Waals surface area contributed by atoms with Gasteiger partial charge in [0.1, 0.15) is 0 Å². The molecule has 0 aromatic heterocycles. The van der Waals surface area contributed by atoms with Crippen molar-refractivity contribution in [1.82, 2.24) is 0 Å². The van der Waals surface area contributed by atoms with E-state index < -0.39 is 48.4 Å². The average Bonchev–Trinajstić information content (AvgIpc) is 3.00. The van der Waals surface area contributed by atoms with Crippen LogP contribution >= 0.6 is 12.2 Å². The normalized spacial score (nSPS) is 22.0. The summed E-state index contributed by atoms with van der Waals surface area (Å²) in [4.78, 5) is 39.6. The van der Waals surface area contributed by atoms with Gasteiger partial charge in [-0.15, -0.1) is 0 Å². The highest BCUT2D eigenvalue weighted by Crippen LogP contribution is 2.32. The summed E-state index contributed by atoms with van der Waals surface area (Å²) in [6, 6.07) is 25.3. The second kappa shape index (κ2) is 13.8. The van der Waals surface area contributed by atoms with Crippen molar-refractivity contribution < 1.29 is 38.1 Å². The van der Waals surface area contributed by atoms with E-state index in [0.717, 1.165) is 0 Å². The minimum Gasteiger partial charge on any atom is -0.490 e. The van der Waals surface area contributed by atoms with Gasteiger partial charge in [0.25, 0.3) is 0 Å². The van der Waals surface area contributed by atoms with Gasteiger partial charge < -0.3 is 23.7 Å². The first kappa shape index (κ1) is 28.9. The fraction of sp³-hybridized carbons (Fsp3) is 0.290. The fourth-order valence-electron chi connectivity index (χ4n) is 4.43. The standard InChI is InChI=1S/C31H30O8S/c1-20-26(37-29(32)21-12-6-3-7-13-21)28(39-31(34)23-16-10-5-11-17-23)27(24(36-20)18-19-25(40)35-2)38-30(33)22-14-8-4-9-15-22/h3-17,20,24,26-28H,18-19H2,1-2H3/t20-,24+,26+,27+,28+/m0/s1. The molecule has 8 nitrogen and oxygen atoms in total. The van der Waals surface area contributed by atoms with Gasteiger partial charge in [0.15, 0.2) is 23.4 Å². The summed E-state index contributed by atoms with van der Waals surface area (Å²) in [6.45, 7) is 1.71. The summed E-state index contributed by atoms with van der Waals surface area (Å²) >= 11 is 5.21. The Kier molecular flexibility index (Phi) is 9.99. The topological polar surface area (TPSA) is 97.4 Å². The number of methoxy groups -OCH3 is 1. The Bertz CT molecular complexity index is 1300. The predicted octanol–water partition coefficient (Wildman–Crippen LogP) is 5.20. The lowest BCUT2D eigenvalue weighted by Gasteiger charge is -2.44. The highest BCUT2D eigenvalue weighted by Gasteiger charge is 2.51. The van der Waals surface area contributed by atoms with Gasteiger partial charge in [-0.3, -0.25) is 0 Å². The lowest BCUT2D eigenvalue weighted by Crippen LogP contribution is -2.60. The maximum Gasteiger partial charge on any atom is 0.338 e. The number of carbonyl (C=O) groups excluding carboxylic acids is 3. The second-order valence-corrected chi connectivity index (χ2v) is 9.66. The number of thiocarbonyl (C=S) groups is 1. The van der Waals surface area contributed by atoms with E-state index in [1.165, 1.54) is 7.11 Å². The molecule has 3 aromatic carbocycles. The number of benzene rings is 3. The van der Waals surface area contributed by atoms with E-state index >= 15 is 0 Å². The van der Waals surface area contributed by atoms with Crippen LogP contribution in [0.1, 0.15) is 50.8 Å². The molecular weight excluding hydrogens is 532 g/mol. The average molecular weight is 563 g/mol. The molecule has 5 atom stereocenters. The second-order valence-electron chi connectivity index (χ2n) is 9.20. The Morgan fingerprint density at radius 1 is 0.675 bits per heavy atom. The Balaban J connectivity index is 1.69. The molecular formula is C31H30O8S. The molecule has 208 valence electrons. The number of carbonyl (C=O) groups is 3. The van der Waals surface area contributed by atoms with Crippen LogP contribution in [0.2, 0.25) is 0 Å². The van der Waals surface area contributed by atoms with Gasteiger partial charge in [-0.25, -0.2) is 14.4 Å². The van der Waals surface area contributed by atoms with Gasteiger partial charge in [-0.2, -0.15) is 0 Å². The van der Waals surface area contributed by atoms with Gasteiger partial charge in [0.2, 0.25) is 0 Å². The fourth-order valence-corrected chi connectivity index (χ4v) is 4.55. The third-order valence-corrected chi connectivity index (χ3v) is 6.86. The van der Waals surface area contributed by atoms with Gasteiger partial charge in [-0.05, 0) is 62.0 Å². The Hall–Kier alpha value is -4.08. The molecule has 0 amide bonds. The van der Waals surface area contributed by atoms with Crippen molar-refractivity contribution in [2.75, 3.05) is 7.11 Å². The highest BCUT2D eigenvalue weighted by molar-refractivity contribution is 7.80. The van der Waals surface area contributed by atoms with Crippen LogP contribution in [0.4, 0.5) is 0 Å². The zero-order valence-corrected chi connectivity index (χ0v) is 23.0. The van der Waals surface area contributed by atoms with Crippen molar-refractivity contribution >= 4 is 35.2 Å². The summed E-state index contributed by atoms with van der Waals surface area (Å²) in [5, 5.41) is 0.347. The summed E-state index contributed by atoms with van der Waals surface area (Å²) in [5.74, 6) is -1.93. The molecule has 0 saturated carbocycles. The first-order valence-electron chi connectivity index (χ1n) is 12.9. The van der Waals surface area contributed by atoms with E-state index in [1.807, 2.05) is 0 Å². The van der Waals surface area contributed by atoms with Crippen molar-refractivity contribution in [1.29, 1.82) is 0 Å².